The quantitative estimate of drug-likeness (QED) is 0.0941. The minimum Gasteiger partial charge on any atom is -0.367 e. The molecule has 4 aromatic heterocycles. The highest BCUT2D eigenvalue weighted by molar-refractivity contribution is 8.07. The lowest BCUT2D eigenvalue weighted by atomic mass is 10.0. The molecule has 4 aliphatic rings. The monoisotopic (exact) mass is 915 g/mol. The summed E-state index contributed by atoms with van der Waals surface area (Å²) < 4.78 is 68.6. The second-order valence-corrected chi connectivity index (χ2v) is 18.6. The van der Waals surface area contributed by atoms with Crippen LogP contribution in [0.4, 0.5) is 16.2 Å². The van der Waals surface area contributed by atoms with Gasteiger partial charge in [0.05, 0.1) is 32.5 Å². The SMILES string of the molecule is [C-]#[N+]CCOP1(=S)OC[C@H]2O[C@@H](n3cnc4c(=O)[nH]c(NC(=O)C(C)C)nc43)[C@H](OP(O)OC[C@@]34CO[C@@H]([C@H](n5cnc6c(NC(=O)c7ccccc7)ncnc65)O3)[C@@H]4O1)[C@H]2F. The van der Waals surface area contributed by atoms with E-state index in [1.54, 1.807) is 48.7 Å². The van der Waals surface area contributed by atoms with Crippen molar-refractivity contribution in [3.05, 3.63) is 76.6 Å². The van der Waals surface area contributed by atoms with Gasteiger partial charge in [0.25, 0.3) is 11.5 Å². The van der Waals surface area contributed by atoms with E-state index in [0.29, 0.717) is 5.56 Å². The van der Waals surface area contributed by atoms with Gasteiger partial charge in [-0.2, -0.15) is 4.98 Å². The van der Waals surface area contributed by atoms with Crippen molar-refractivity contribution < 1.29 is 55.7 Å². The molecule has 2 amide bonds. The van der Waals surface area contributed by atoms with Crippen molar-refractivity contribution in [1.82, 2.24) is 39.0 Å². The number of nitrogens with one attached hydrogen (secondary N) is 3. The first-order valence-electron chi connectivity index (χ1n) is 19.0. The van der Waals surface area contributed by atoms with Crippen molar-refractivity contribution in [3.8, 4) is 0 Å². The number of imidazole rings is 2. The summed E-state index contributed by atoms with van der Waals surface area (Å²) in [6.07, 6.45) is -5.69. The average Bonchev–Trinajstić information content (AvgIpc) is 4.08. The van der Waals surface area contributed by atoms with E-state index in [0.717, 1.165) is 0 Å². The van der Waals surface area contributed by atoms with Crippen LogP contribution in [0.25, 0.3) is 27.2 Å². The van der Waals surface area contributed by atoms with Crippen molar-refractivity contribution in [2.75, 3.05) is 43.6 Å². The Balaban J connectivity index is 1.02. The number of carbonyl (C=O) groups is 2. The Kier molecular flexibility index (Phi) is 11.7. The maximum Gasteiger partial charge on any atom is 0.330 e. The van der Waals surface area contributed by atoms with Gasteiger partial charge in [0.1, 0.15) is 43.0 Å². The molecule has 4 saturated heterocycles. The van der Waals surface area contributed by atoms with Crippen LogP contribution in [-0.4, -0.2) is 125 Å². The molecule has 4 aliphatic heterocycles. The number of aromatic nitrogens is 8. The largest absolute Gasteiger partial charge is 0.367 e. The third-order valence-corrected chi connectivity index (χ3v) is 13.4. The Morgan fingerprint density at radius 2 is 1.89 bits per heavy atom. The number of alkyl halides is 1. The normalized spacial score (nSPS) is 31.0. The summed E-state index contributed by atoms with van der Waals surface area (Å²) in [4.78, 5) is 77.1. The molecular weight excluding hydrogens is 879 g/mol. The van der Waals surface area contributed by atoms with Crippen molar-refractivity contribution >= 4 is 73.0 Å². The van der Waals surface area contributed by atoms with Gasteiger partial charge in [-0.3, -0.25) is 38.3 Å². The first-order valence-corrected chi connectivity index (χ1v) is 22.7. The van der Waals surface area contributed by atoms with E-state index in [-0.39, 0.29) is 53.9 Å². The number of halogens is 1. The molecular formula is C35H36FN11O12P2S. The van der Waals surface area contributed by atoms with Crippen LogP contribution in [0.15, 0.2) is 54.1 Å². The van der Waals surface area contributed by atoms with Gasteiger partial charge in [0, 0.05) is 11.5 Å². The molecule has 0 radical (unpaired) electrons. The number of rotatable bonds is 9. The molecule has 326 valence electrons. The molecule has 8 heterocycles. The van der Waals surface area contributed by atoms with E-state index >= 15 is 4.39 Å². The van der Waals surface area contributed by atoms with E-state index in [1.165, 1.54) is 23.5 Å². The second kappa shape index (κ2) is 17.1. The van der Waals surface area contributed by atoms with Crippen LogP contribution in [0.2, 0.25) is 0 Å². The Morgan fingerprint density at radius 1 is 1.11 bits per heavy atom. The van der Waals surface area contributed by atoms with E-state index in [9.17, 15) is 19.3 Å². The minimum absolute atomic E-state index is 0.0929. The summed E-state index contributed by atoms with van der Waals surface area (Å²) in [6, 6.07) is 8.55. The van der Waals surface area contributed by atoms with Crippen LogP contribution in [0.5, 0.6) is 0 Å². The van der Waals surface area contributed by atoms with Crippen LogP contribution in [-0.2, 0) is 53.4 Å². The molecule has 4 fully saturated rings. The van der Waals surface area contributed by atoms with Crippen LogP contribution in [0.3, 0.4) is 0 Å². The third-order valence-electron chi connectivity index (χ3n) is 10.3. The summed E-state index contributed by atoms with van der Waals surface area (Å²) in [7, 11) is -2.91. The molecule has 62 heavy (non-hydrogen) atoms. The maximum absolute atomic E-state index is 16.5. The number of fused-ring (bicyclic) bond motifs is 4. The minimum atomic E-state index is -3.94. The van der Waals surface area contributed by atoms with Gasteiger partial charge < -0.3 is 47.4 Å². The Morgan fingerprint density at radius 3 is 2.66 bits per heavy atom. The van der Waals surface area contributed by atoms with Crippen molar-refractivity contribution in [2.45, 2.75) is 62.5 Å². The number of ether oxygens (including phenoxy) is 3. The highest BCUT2D eigenvalue weighted by Gasteiger charge is 2.65. The smallest absolute Gasteiger partial charge is 0.330 e. The van der Waals surface area contributed by atoms with Crippen LogP contribution in [0, 0.1) is 12.5 Å². The van der Waals surface area contributed by atoms with Gasteiger partial charge in [-0.1, -0.05) is 32.0 Å². The predicted molar refractivity (Wildman–Crippen MR) is 215 cm³/mol. The number of H-pyrrole nitrogens is 1. The number of amides is 2. The zero-order chi connectivity index (χ0) is 43.3. The predicted octanol–water partition coefficient (Wildman–Crippen LogP) is 2.90. The molecule has 23 nitrogen and oxygen atoms in total. The number of hydrogen-bond donors (Lipinski definition) is 4. The van der Waals surface area contributed by atoms with E-state index in [4.69, 9.17) is 55.2 Å². The highest BCUT2D eigenvalue weighted by atomic mass is 32.5. The first-order chi connectivity index (χ1) is 29.9. The molecule has 2 unspecified atom stereocenters. The molecule has 0 aliphatic carbocycles. The molecule has 0 saturated carbocycles. The highest BCUT2D eigenvalue weighted by Crippen LogP contribution is 2.59. The zero-order valence-corrected chi connectivity index (χ0v) is 35.1. The molecule has 1 aromatic carbocycles. The van der Waals surface area contributed by atoms with Crippen LogP contribution >= 0.6 is 15.3 Å². The number of anilines is 2. The molecule has 27 heteroatoms. The lowest BCUT2D eigenvalue weighted by Gasteiger charge is -2.33. The summed E-state index contributed by atoms with van der Waals surface area (Å²) in [5.41, 5.74) is -1.56. The molecule has 0 spiro atoms. The molecule has 4 N–H and O–H groups in total. The Hall–Kier alpha value is -4.80. The van der Waals surface area contributed by atoms with E-state index in [2.05, 4.69) is 45.4 Å². The fourth-order valence-corrected chi connectivity index (χ4v) is 10.2. The molecule has 10 atom stereocenters. The summed E-state index contributed by atoms with van der Waals surface area (Å²) in [5, 5.41) is 5.29. The third kappa shape index (κ3) is 7.91. The fourth-order valence-electron chi connectivity index (χ4n) is 7.27. The van der Waals surface area contributed by atoms with Gasteiger partial charge in [0.15, 0.2) is 46.8 Å². The van der Waals surface area contributed by atoms with Gasteiger partial charge in [-0.25, -0.2) is 30.9 Å². The lowest BCUT2D eigenvalue weighted by Crippen LogP contribution is -2.45. The Labute approximate surface area is 355 Å². The van der Waals surface area contributed by atoms with Crippen molar-refractivity contribution in [1.29, 1.82) is 0 Å². The Bertz CT molecular complexity index is 2670. The number of benzene rings is 1. The van der Waals surface area contributed by atoms with E-state index < -0.39 is 100 Å². The number of aromatic amines is 1. The molecule has 4 bridgehead atoms. The van der Waals surface area contributed by atoms with E-state index in [1.807, 2.05) is 0 Å². The number of carbonyl (C=O) groups excluding carboxylic acids is 2. The maximum atomic E-state index is 16.5. The summed E-state index contributed by atoms with van der Waals surface area (Å²) in [6.45, 7) is 5.19. The second-order valence-electron chi connectivity index (χ2n) is 14.7. The first kappa shape index (κ1) is 42.5. The summed E-state index contributed by atoms with van der Waals surface area (Å²) >= 11 is 5.88. The number of hydrogen-bond acceptors (Lipinski definition) is 18. The standard InChI is InChI=1S/C35H36FN11O12P2S/c1-17(2)29(48)44-34-43-28-22(31(50)45-34)41-16-47(28)32-23-20(36)19(56-32)11-55-61(62,54-10-9-37-3)59-25-24-33(57-35(25,12-52-24)13-53-60(51)58-23)46-15-40-21-26(38-14-39-27(21)46)42-30(49)18-7-5-4-6-8-18/h4-8,14-17,19-20,23-25,32-33,51H,9-13H2,1-2H3,(H,38,39,42,49)(H2,43,44,45,48,50)/t19-,20+,23-,24-,25+,32-,33-,35-,60?,61?/m1/s1. The fraction of sp³-hybridized carbons (Fsp3) is 0.457. The topological polar surface area (TPSA) is 264 Å². The average molecular weight is 916 g/mol. The lowest BCUT2D eigenvalue weighted by molar-refractivity contribution is -0.183. The summed E-state index contributed by atoms with van der Waals surface area (Å²) in [5.74, 6) is -1.34. The van der Waals surface area contributed by atoms with Crippen LogP contribution < -0.4 is 16.2 Å². The van der Waals surface area contributed by atoms with Gasteiger partial charge in [0.2, 0.25) is 18.4 Å². The molecule has 9 rings (SSSR count). The zero-order valence-electron chi connectivity index (χ0n) is 32.5. The van der Waals surface area contributed by atoms with Gasteiger partial charge >= 0.3 is 15.3 Å². The van der Waals surface area contributed by atoms with Gasteiger partial charge in [-0.05, 0) is 23.9 Å². The van der Waals surface area contributed by atoms with Crippen LogP contribution in [0.1, 0.15) is 36.7 Å². The van der Waals surface area contributed by atoms with Gasteiger partial charge in [-0.15, -0.1) is 0 Å². The molecule has 5 aromatic rings. The van der Waals surface area contributed by atoms with Crippen molar-refractivity contribution in [2.24, 2.45) is 5.92 Å². The van der Waals surface area contributed by atoms with Crippen molar-refractivity contribution in [3.63, 3.8) is 0 Å². The number of nitrogens with zero attached hydrogens (tertiary/aromatic N) is 8.